The van der Waals surface area contributed by atoms with E-state index in [1.54, 1.807) is 17.8 Å². The first kappa shape index (κ1) is 43.9. The Morgan fingerprint density at radius 3 is 2.05 bits per heavy atom. The van der Waals surface area contributed by atoms with E-state index in [0.29, 0.717) is 5.92 Å². The molecular formula is C58H56N2S. The number of allylic oxidation sites excluding steroid dienone is 14. The highest BCUT2D eigenvalue weighted by atomic mass is 32.2. The van der Waals surface area contributed by atoms with Gasteiger partial charge in [-0.15, -0.1) is 6.42 Å². The van der Waals surface area contributed by atoms with Crippen LogP contribution in [0.3, 0.4) is 0 Å². The maximum absolute atomic E-state index is 5.83. The molecule has 3 aliphatic rings. The molecular weight excluding hydrogens is 757 g/mol. The van der Waals surface area contributed by atoms with Gasteiger partial charge in [0.15, 0.2) is 0 Å². The number of nitrogens with two attached hydrogens (primary N) is 1. The predicted molar refractivity (Wildman–Crippen MR) is 265 cm³/mol. The van der Waals surface area contributed by atoms with Crippen LogP contribution in [0.15, 0.2) is 215 Å². The first-order chi connectivity index (χ1) is 29.9. The van der Waals surface area contributed by atoms with Crippen molar-refractivity contribution in [2.45, 2.75) is 75.0 Å². The molecule has 0 fully saturated rings. The maximum atomic E-state index is 5.83. The van der Waals surface area contributed by atoms with Crippen LogP contribution >= 0.6 is 11.8 Å². The number of hydrogen-bond donors (Lipinski definition) is 1. The van der Waals surface area contributed by atoms with Crippen molar-refractivity contribution < 1.29 is 0 Å². The van der Waals surface area contributed by atoms with Crippen molar-refractivity contribution >= 4 is 34.5 Å². The monoisotopic (exact) mass is 812 g/mol. The molecule has 0 aromatic heterocycles. The highest BCUT2D eigenvalue weighted by Crippen LogP contribution is 2.38. The Bertz CT molecular complexity index is 2520. The van der Waals surface area contributed by atoms with Gasteiger partial charge in [0.2, 0.25) is 0 Å². The second-order valence-electron chi connectivity index (χ2n) is 15.4. The van der Waals surface area contributed by atoms with Gasteiger partial charge in [0.1, 0.15) is 0 Å². The third-order valence-corrected chi connectivity index (χ3v) is 11.4. The van der Waals surface area contributed by atoms with Crippen LogP contribution in [-0.4, -0.2) is 0 Å². The second kappa shape index (κ2) is 23.2. The lowest BCUT2D eigenvalue weighted by molar-refractivity contribution is 0.654. The van der Waals surface area contributed by atoms with Crippen molar-refractivity contribution in [3.05, 3.63) is 216 Å². The van der Waals surface area contributed by atoms with Gasteiger partial charge >= 0.3 is 0 Å². The Kier molecular flexibility index (Phi) is 16.7. The largest absolute Gasteiger partial charge is 0.399 e. The number of anilines is 4. The highest BCUT2D eigenvalue weighted by molar-refractivity contribution is 7.99. The molecule has 8 rings (SSSR count). The van der Waals surface area contributed by atoms with E-state index < -0.39 is 0 Å². The Labute approximate surface area is 369 Å². The van der Waals surface area contributed by atoms with Gasteiger partial charge in [-0.25, -0.2) is 0 Å². The standard InChI is InChI=1S/C37H34N2S.C13H12.C8H10/c1-27-6-5-9-35(26-27)39(33-18-10-29(11-19-33)28-7-3-2-4-8-28)34-20-12-30(13-21-34)31-14-22-36(23-15-31)40-37-24-16-32(38)17-25-37;1-2-5-9-12(8-4-1)13-10-6-3-7-11-13;1-4-5-6-7-8(2)3/h3,5-7,9-26,28H,2,4,8,38H2,1H3;4,6,8-11H,3,5,7H2;1,5-7H,2-3H3/b;;6-5-. The van der Waals surface area contributed by atoms with E-state index >= 15 is 0 Å². The van der Waals surface area contributed by atoms with Crippen molar-refractivity contribution in [3.63, 3.8) is 0 Å². The van der Waals surface area contributed by atoms with Crippen molar-refractivity contribution in [1.29, 1.82) is 0 Å². The number of rotatable bonds is 9. The van der Waals surface area contributed by atoms with E-state index in [1.807, 2.05) is 44.2 Å². The van der Waals surface area contributed by atoms with Crippen LogP contribution in [0.25, 0.3) is 11.1 Å². The summed E-state index contributed by atoms with van der Waals surface area (Å²) in [5, 5.41) is 0. The summed E-state index contributed by atoms with van der Waals surface area (Å²) in [5.41, 5.74) is 19.1. The average Bonchev–Trinajstić information content (AvgIpc) is 3.59. The quantitative estimate of drug-likeness (QED) is 0.0696. The molecule has 1 unspecified atom stereocenters. The Morgan fingerprint density at radius 2 is 1.43 bits per heavy atom. The van der Waals surface area contributed by atoms with Crippen LogP contribution in [0.4, 0.5) is 22.7 Å². The van der Waals surface area contributed by atoms with Crippen LogP contribution in [0.5, 0.6) is 0 Å². The topological polar surface area (TPSA) is 29.3 Å². The third kappa shape index (κ3) is 13.7. The number of terminal acetylenes is 1. The molecule has 1 atom stereocenters. The molecule has 61 heavy (non-hydrogen) atoms. The predicted octanol–water partition coefficient (Wildman–Crippen LogP) is 16.0. The number of hydrogen-bond acceptors (Lipinski definition) is 3. The molecule has 0 saturated carbocycles. The van der Waals surface area contributed by atoms with Crippen molar-refractivity contribution in [2.24, 2.45) is 0 Å². The van der Waals surface area contributed by atoms with E-state index in [-0.39, 0.29) is 0 Å². The zero-order valence-corrected chi connectivity index (χ0v) is 36.5. The lowest BCUT2D eigenvalue weighted by Gasteiger charge is -2.27. The number of nitrogens with zero attached hydrogens (tertiary/aromatic N) is 1. The first-order valence-electron chi connectivity index (χ1n) is 21.2. The smallest absolute Gasteiger partial charge is 0.0464 e. The molecule has 5 aromatic rings. The van der Waals surface area contributed by atoms with Crippen molar-refractivity contribution in [3.8, 4) is 35.3 Å². The van der Waals surface area contributed by atoms with Gasteiger partial charge < -0.3 is 10.6 Å². The van der Waals surface area contributed by atoms with E-state index in [0.717, 1.165) is 24.2 Å². The minimum atomic E-state index is 0.533. The zero-order valence-electron chi connectivity index (χ0n) is 35.7. The highest BCUT2D eigenvalue weighted by Gasteiger charge is 2.16. The molecule has 0 aliphatic heterocycles. The number of nitrogen functional groups attached to an aromatic ring is 1. The summed E-state index contributed by atoms with van der Waals surface area (Å²) in [6.07, 6.45) is 35.0. The molecule has 0 bridgehead atoms. The molecule has 2 nitrogen and oxygen atoms in total. The van der Waals surface area contributed by atoms with E-state index in [2.05, 4.69) is 181 Å². The molecule has 0 radical (unpaired) electrons. The summed E-state index contributed by atoms with van der Waals surface area (Å²) in [7, 11) is 0. The van der Waals surface area contributed by atoms with Gasteiger partial charge in [0.05, 0.1) is 0 Å². The van der Waals surface area contributed by atoms with Gasteiger partial charge in [-0.1, -0.05) is 132 Å². The summed E-state index contributed by atoms with van der Waals surface area (Å²) < 4.78 is 0. The SMILES string of the molecule is C#C/C=C\C=C(C)C.C1#CCC=C(C2=CCCC=C2)C=C1.Cc1cccc(N(c2ccc(-c3ccc(Sc4ccc(N)cc4)cc3)cc2)c2ccc(C3C=CCCC3)cc2)c1. The summed E-state index contributed by atoms with van der Waals surface area (Å²) in [6, 6.07) is 43.6. The average molecular weight is 813 g/mol. The molecule has 3 aliphatic carbocycles. The van der Waals surface area contributed by atoms with Crippen molar-refractivity contribution in [1.82, 2.24) is 0 Å². The Hall–Kier alpha value is -6.65. The molecule has 0 heterocycles. The molecule has 5 aromatic carbocycles. The van der Waals surface area contributed by atoms with E-state index in [4.69, 9.17) is 12.2 Å². The summed E-state index contributed by atoms with van der Waals surface area (Å²) >= 11 is 1.75. The first-order valence-corrected chi connectivity index (χ1v) is 22.0. The van der Waals surface area contributed by atoms with Gasteiger partial charge in [-0.05, 0) is 177 Å². The molecule has 304 valence electrons. The van der Waals surface area contributed by atoms with E-state index in [1.165, 1.54) is 85.8 Å². The maximum Gasteiger partial charge on any atom is 0.0464 e. The summed E-state index contributed by atoms with van der Waals surface area (Å²) in [5.74, 6) is 8.97. The third-order valence-electron chi connectivity index (χ3n) is 10.3. The van der Waals surface area contributed by atoms with Gasteiger partial charge in [0.25, 0.3) is 0 Å². The summed E-state index contributed by atoms with van der Waals surface area (Å²) in [6.45, 7) is 6.21. The fourth-order valence-corrected chi connectivity index (χ4v) is 8.00. The van der Waals surface area contributed by atoms with E-state index in [9.17, 15) is 0 Å². The van der Waals surface area contributed by atoms with Crippen LogP contribution in [0.2, 0.25) is 0 Å². The minimum absolute atomic E-state index is 0.533. The van der Waals surface area contributed by atoms with Gasteiger partial charge in [-0.2, -0.15) is 0 Å². The number of benzene rings is 5. The number of aryl methyl sites for hydroxylation is 1. The second-order valence-corrected chi connectivity index (χ2v) is 16.5. The Balaban J connectivity index is 0.000000242. The van der Waals surface area contributed by atoms with Crippen LogP contribution in [0.1, 0.15) is 69.4 Å². The van der Waals surface area contributed by atoms with Crippen molar-refractivity contribution in [2.75, 3.05) is 10.6 Å². The molecule has 0 spiro atoms. The van der Waals surface area contributed by atoms with Crippen LogP contribution in [-0.2, 0) is 0 Å². The normalized spacial score (nSPS) is 15.0. The minimum Gasteiger partial charge on any atom is -0.399 e. The molecule has 0 saturated heterocycles. The summed E-state index contributed by atoms with van der Waals surface area (Å²) in [4.78, 5) is 4.75. The fourth-order valence-electron chi connectivity index (χ4n) is 7.18. The lowest BCUT2D eigenvalue weighted by atomic mass is 9.89. The van der Waals surface area contributed by atoms with Crippen LogP contribution in [0, 0.1) is 31.1 Å². The zero-order chi connectivity index (χ0) is 42.7. The molecule has 2 N–H and O–H groups in total. The Morgan fingerprint density at radius 1 is 0.754 bits per heavy atom. The fraction of sp³-hybridized carbons (Fsp3) is 0.172. The molecule has 3 heteroatoms. The lowest BCUT2D eigenvalue weighted by Crippen LogP contribution is -2.10. The van der Waals surface area contributed by atoms with Gasteiger partial charge in [0, 0.05) is 44.9 Å². The van der Waals surface area contributed by atoms with Gasteiger partial charge in [-0.3, -0.25) is 0 Å². The molecule has 0 amide bonds. The van der Waals surface area contributed by atoms with Crippen LogP contribution < -0.4 is 10.6 Å².